The number of carbonyl (C=O) groups is 1. The number of nitrogens with two attached hydrogens (primary N) is 1. The number of imidazole rings is 1. The second-order valence-electron chi connectivity index (χ2n) is 8.11. The normalized spacial score (nSPS) is 21.2. The van der Waals surface area contributed by atoms with E-state index >= 15 is 0 Å². The fraction of sp³-hybridized carbons (Fsp3) is 0.800. The Morgan fingerprint density at radius 2 is 2.04 bits per heavy atom. The second kappa shape index (κ2) is 10.8. The van der Waals surface area contributed by atoms with Crippen molar-refractivity contribution in [3.05, 3.63) is 18.2 Å². The molecule has 5 atom stereocenters. The van der Waals surface area contributed by atoms with Crippen LogP contribution in [0.25, 0.3) is 0 Å². The predicted molar refractivity (Wildman–Crippen MR) is 105 cm³/mol. The molecule has 27 heavy (non-hydrogen) atoms. The molecule has 1 saturated carbocycles. The summed E-state index contributed by atoms with van der Waals surface area (Å²) in [7, 11) is 0. The van der Waals surface area contributed by atoms with E-state index in [2.05, 4.69) is 15.3 Å². The molecule has 7 nitrogen and oxygen atoms in total. The Hall–Kier alpha value is -1.44. The third kappa shape index (κ3) is 6.59. The van der Waals surface area contributed by atoms with Crippen LogP contribution in [0.3, 0.4) is 0 Å². The number of aliphatic hydroxyl groups is 2. The molecule has 1 heterocycles. The van der Waals surface area contributed by atoms with E-state index in [0.29, 0.717) is 18.8 Å². The maximum Gasteiger partial charge on any atom is 0.237 e. The molecule has 2 rings (SSSR count). The number of amides is 1. The molecular weight excluding hydrogens is 344 g/mol. The zero-order chi connectivity index (χ0) is 19.8. The minimum atomic E-state index is -0.995. The molecule has 0 bridgehead atoms. The lowest BCUT2D eigenvalue weighted by Crippen LogP contribution is -2.54. The number of hydrogen-bond acceptors (Lipinski definition) is 5. The number of aromatic nitrogens is 2. The molecule has 154 valence electrons. The van der Waals surface area contributed by atoms with Crippen LogP contribution in [-0.2, 0) is 11.2 Å². The van der Waals surface area contributed by atoms with Crippen LogP contribution in [-0.4, -0.2) is 50.4 Å². The van der Waals surface area contributed by atoms with Gasteiger partial charge in [0, 0.05) is 18.3 Å². The number of aromatic amines is 1. The summed E-state index contributed by atoms with van der Waals surface area (Å²) < 4.78 is 0. The van der Waals surface area contributed by atoms with Crippen LogP contribution >= 0.6 is 0 Å². The van der Waals surface area contributed by atoms with E-state index in [1.54, 1.807) is 12.5 Å². The third-order valence-corrected chi connectivity index (χ3v) is 5.96. The number of H-pyrrole nitrogens is 1. The fourth-order valence-electron chi connectivity index (χ4n) is 3.90. The van der Waals surface area contributed by atoms with Gasteiger partial charge in [-0.25, -0.2) is 4.98 Å². The summed E-state index contributed by atoms with van der Waals surface area (Å²) in [6.45, 7) is 3.90. The van der Waals surface area contributed by atoms with Crippen molar-refractivity contribution in [2.24, 2.45) is 17.6 Å². The topological polar surface area (TPSA) is 124 Å². The van der Waals surface area contributed by atoms with Gasteiger partial charge in [0.25, 0.3) is 0 Å². The molecule has 0 radical (unpaired) electrons. The van der Waals surface area contributed by atoms with Gasteiger partial charge < -0.3 is 26.2 Å². The highest BCUT2D eigenvalue weighted by atomic mass is 16.3. The van der Waals surface area contributed by atoms with Crippen molar-refractivity contribution in [1.82, 2.24) is 15.3 Å². The Morgan fingerprint density at radius 1 is 1.33 bits per heavy atom. The summed E-state index contributed by atoms with van der Waals surface area (Å²) in [5, 5.41) is 24.2. The van der Waals surface area contributed by atoms with E-state index < -0.39 is 24.3 Å². The quantitative estimate of drug-likeness (QED) is 0.421. The number of nitrogens with one attached hydrogen (secondary N) is 2. The monoisotopic (exact) mass is 380 g/mol. The van der Waals surface area contributed by atoms with E-state index in [1.165, 1.54) is 19.3 Å². The zero-order valence-electron chi connectivity index (χ0n) is 16.6. The Balaban J connectivity index is 2.01. The van der Waals surface area contributed by atoms with Crippen molar-refractivity contribution in [3.8, 4) is 0 Å². The number of hydrogen-bond donors (Lipinski definition) is 5. The summed E-state index contributed by atoms with van der Waals surface area (Å²) in [6.07, 6.45) is 8.98. The van der Waals surface area contributed by atoms with Gasteiger partial charge in [-0.2, -0.15) is 0 Å². The van der Waals surface area contributed by atoms with Gasteiger partial charge in [0.2, 0.25) is 5.91 Å². The Kier molecular flexibility index (Phi) is 8.73. The lowest BCUT2D eigenvalue weighted by Gasteiger charge is -2.34. The summed E-state index contributed by atoms with van der Waals surface area (Å²) >= 11 is 0. The van der Waals surface area contributed by atoms with E-state index in [0.717, 1.165) is 25.0 Å². The third-order valence-electron chi connectivity index (χ3n) is 5.96. The van der Waals surface area contributed by atoms with Crippen LogP contribution in [0.15, 0.2) is 12.5 Å². The van der Waals surface area contributed by atoms with Crippen molar-refractivity contribution < 1.29 is 15.0 Å². The molecule has 0 saturated heterocycles. The molecule has 7 heteroatoms. The molecule has 1 unspecified atom stereocenters. The Bertz CT molecular complexity index is 545. The number of aliphatic hydroxyl groups excluding tert-OH is 2. The van der Waals surface area contributed by atoms with Crippen LogP contribution in [0.1, 0.15) is 64.5 Å². The lowest BCUT2D eigenvalue weighted by molar-refractivity contribution is -0.125. The standard InChI is InChI=1S/C20H36N4O3/c1-3-13(2)18(25)19(26)17(9-14-7-5-4-6-8-14)24-20(27)16(21)10-15-11-22-12-23-15/h11-14,16-19,25-26H,3-10,21H2,1-2H3,(H,22,23)(H,24,27)/t13?,16-,17-,18+,19+/m0/s1. The van der Waals surface area contributed by atoms with Crippen molar-refractivity contribution >= 4 is 5.91 Å². The second-order valence-corrected chi connectivity index (χ2v) is 8.11. The maximum absolute atomic E-state index is 12.6. The van der Waals surface area contributed by atoms with Gasteiger partial charge in [-0.1, -0.05) is 52.4 Å². The van der Waals surface area contributed by atoms with E-state index in [1.807, 2.05) is 13.8 Å². The average Bonchev–Trinajstić information content (AvgIpc) is 3.19. The van der Waals surface area contributed by atoms with Crippen molar-refractivity contribution in [2.45, 2.75) is 89.5 Å². The van der Waals surface area contributed by atoms with E-state index in [-0.39, 0.29) is 11.8 Å². The minimum Gasteiger partial charge on any atom is -0.390 e. The first-order valence-corrected chi connectivity index (χ1v) is 10.3. The maximum atomic E-state index is 12.6. The molecule has 0 aliphatic heterocycles. The molecule has 6 N–H and O–H groups in total. The highest BCUT2D eigenvalue weighted by Crippen LogP contribution is 2.29. The number of rotatable bonds is 10. The Labute approximate surface area is 162 Å². The van der Waals surface area contributed by atoms with Gasteiger partial charge in [0.05, 0.1) is 24.5 Å². The Morgan fingerprint density at radius 3 is 2.63 bits per heavy atom. The average molecular weight is 381 g/mol. The lowest BCUT2D eigenvalue weighted by atomic mass is 9.81. The van der Waals surface area contributed by atoms with E-state index in [4.69, 9.17) is 5.73 Å². The van der Waals surface area contributed by atoms with E-state index in [9.17, 15) is 15.0 Å². The number of nitrogens with zero attached hydrogens (tertiary/aromatic N) is 1. The molecule has 1 amide bonds. The van der Waals surface area contributed by atoms with Crippen molar-refractivity contribution in [1.29, 1.82) is 0 Å². The molecule has 1 aliphatic carbocycles. The molecule has 1 fully saturated rings. The van der Waals surface area contributed by atoms with Gasteiger partial charge in [-0.15, -0.1) is 0 Å². The minimum absolute atomic E-state index is 0.0376. The summed E-state index contributed by atoms with van der Waals surface area (Å²) in [5.74, 6) is 0.122. The van der Waals surface area contributed by atoms with Gasteiger partial charge in [0.15, 0.2) is 0 Å². The van der Waals surface area contributed by atoms with Gasteiger partial charge in [-0.05, 0) is 18.3 Å². The molecule has 1 aliphatic rings. The zero-order valence-corrected chi connectivity index (χ0v) is 16.6. The molecule has 0 aromatic carbocycles. The van der Waals surface area contributed by atoms with Gasteiger partial charge >= 0.3 is 0 Å². The molecule has 1 aromatic heterocycles. The molecule has 0 spiro atoms. The van der Waals surface area contributed by atoms with Crippen LogP contribution in [0.2, 0.25) is 0 Å². The van der Waals surface area contributed by atoms with Crippen LogP contribution in [0, 0.1) is 11.8 Å². The number of carbonyl (C=O) groups excluding carboxylic acids is 1. The largest absolute Gasteiger partial charge is 0.390 e. The van der Waals surface area contributed by atoms with Crippen LogP contribution in [0.4, 0.5) is 0 Å². The van der Waals surface area contributed by atoms with Crippen LogP contribution < -0.4 is 11.1 Å². The van der Waals surface area contributed by atoms with Crippen molar-refractivity contribution in [2.75, 3.05) is 0 Å². The molecule has 1 aromatic rings. The first-order valence-electron chi connectivity index (χ1n) is 10.3. The summed E-state index contributed by atoms with van der Waals surface area (Å²) in [6, 6.07) is -1.22. The fourth-order valence-corrected chi connectivity index (χ4v) is 3.90. The van der Waals surface area contributed by atoms with Gasteiger partial charge in [0.1, 0.15) is 6.10 Å². The highest BCUT2D eigenvalue weighted by molar-refractivity contribution is 5.82. The predicted octanol–water partition coefficient (Wildman–Crippen LogP) is 1.50. The summed E-state index contributed by atoms with van der Waals surface area (Å²) in [5.41, 5.74) is 6.84. The summed E-state index contributed by atoms with van der Waals surface area (Å²) in [4.78, 5) is 19.5. The van der Waals surface area contributed by atoms with Crippen LogP contribution in [0.5, 0.6) is 0 Å². The first kappa shape index (κ1) is 21.9. The highest BCUT2D eigenvalue weighted by Gasteiger charge is 2.33. The smallest absolute Gasteiger partial charge is 0.237 e. The SMILES string of the molecule is CCC(C)[C@@H](O)[C@H](O)[C@H](CC1CCCCC1)NC(=O)[C@@H](N)Cc1cnc[nH]1. The van der Waals surface area contributed by atoms with Crippen molar-refractivity contribution in [3.63, 3.8) is 0 Å². The first-order chi connectivity index (χ1) is 12.9. The van der Waals surface area contributed by atoms with Gasteiger partial charge in [-0.3, -0.25) is 4.79 Å². The molecular formula is C20H36N4O3.